The van der Waals surface area contributed by atoms with Crippen LogP contribution >= 0.6 is 0 Å². The summed E-state index contributed by atoms with van der Waals surface area (Å²) in [6.07, 6.45) is 1.52. The number of aromatic nitrogens is 1. The van der Waals surface area contributed by atoms with Crippen LogP contribution in [0.5, 0.6) is 0 Å². The van der Waals surface area contributed by atoms with E-state index in [1.54, 1.807) is 30.3 Å². The molecule has 0 amide bonds. The van der Waals surface area contributed by atoms with Crippen LogP contribution in [0.15, 0.2) is 100 Å². The first-order valence-electron chi connectivity index (χ1n) is 10.4. The van der Waals surface area contributed by atoms with Gasteiger partial charge in [-0.2, -0.15) is 4.72 Å². The highest BCUT2D eigenvalue weighted by Crippen LogP contribution is 2.20. The lowest BCUT2D eigenvalue weighted by atomic mass is 10.1. The van der Waals surface area contributed by atoms with Gasteiger partial charge in [0.25, 0.3) is 0 Å². The number of oxazole rings is 1. The zero-order valence-electron chi connectivity index (χ0n) is 17.9. The maximum atomic E-state index is 14.1. The molecule has 1 N–H and O–H groups in total. The fraction of sp³-hybridized carbons (Fsp3) is 0.120. The summed E-state index contributed by atoms with van der Waals surface area (Å²) in [5, 5.41) is 0. The fourth-order valence-corrected chi connectivity index (χ4v) is 4.55. The van der Waals surface area contributed by atoms with Crippen LogP contribution in [-0.2, 0) is 32.6 Å². The highest BCUT2D eigenvalue weighted by Gasteiger charge is 2.29. The minimum absolute atomic E-state index is 0.00814. The van der Waals surface area contributed by atoms with Gasteiger partial charge in [0, 0.05) is 5.56 Å². The summed E-state index contributed by atoms with van der Waals surface area (Å²) in [5.41, 5.74) is 1.51. The fourth-order valence-electron chi connectivity index (χ4n) is 3.28. The molecule has 4 aromatic rings. The van der Waals surface area contributed by atoms with Crippen molar-refractivity contribution in [1.82, 2.24) is 9.71 Å². The maximum absolute atomic E-state index is 14.1. The normalized spacial score (nSPS) is 12.3. The van der Waals surface area contributed by atoms with Crippen LogP contribution in [0, 0.1) is 5.82 Å². The van der Waals surface area contributed by atoms with Gasteiger partial charge in [0.15, 0.2) is 12.4 Å². The van der Waals surface area contributed by atoms with Gasteiger partial charge in [0.2, 0.25) is 15.9 Å². The summed E-state index contributed by atoms with van der Waals surface area (Å²) < 4.78 is 52.9. The second-order valence-electron chi connectivity index (χ2n) is 7.39. The van der Waals surface area contributed by atoms with Gasteiger partial charge < -0.3 is 9.15 Å². The number of carbonyl (C=O) groups excluding carboxylic acids is 1. The van der Waals surface area contributed by atoms with Crippen molar-refractivity contribution in [1.29, 1.82) is 0 Å². The van der Waals surface area contributed by atoms with Crippen molar-refractivity contribution in [3.63, 3.8) is 0 Å². The predicted molar refractivity (Wildman–Crippen MR) is 122 cm³/mol. The molecule has 0 radical (unpaired) electrons. The van der Waals surface area contributed by atoms with Crippen molar-refractivity contribution in [2.24, 2.45) is 0 Å². The van der Waals surface area contributed by atoms with E-state index in [1.807, 2.05) is 30.3 Å². The number of halogens is 1. The van der Waals surface area contributed by atoms with Crippen LogP contribution in [0.2, 0.25) is 0 Å². The molecule has 174 valence electrons. The first-order valence-corrected chi connectivity index (χ1v) is 11.9. The van der Waals surface area contributed by atoms with E-state index in [0.717, 1.165) is 17.7 Å². The van der Waals surface area contributed by atoms with E-state index in [4.69, 9.17) is 9.15 Å². The SMILES string of the molecule is O=C(OCc1ncc(-c2ccccc2)o1)[C@H](Cc1ccccc1)NS(=O)(=O)c1ccccc1F. The van der Waals surface area contributed by atoms with Crippen molar-refractivity contribution >= 4 is 16.0 Å². The molecule has 0 saturated heterocycles. The van der Waals surface area contributed by atoms with E-state index >= 15 is 0 Å². The quantitative estimate of drug-likeness (QED) is 0.362. The number of benzene rings is 3. The Labute approximate surface area is 196 Å². The van der Waals surface area contributed by atoms with Crippen molar-refractivity contribution in [2.45, 2.75) is 24.0 Å². The largest absolute Gasteiger partial charge is 0.454 e. The predicted octanol–water partition coefficient (Wildman–Crippen LogP) is 4.11. The van der Waals surface area contributed by atoms with Crippen molar-refractivity contribution in [2.75, 3.05) is 0 Å². The molecule has 0 saturated carbocycles. The average Bonchev–Trinajstić information content (AvgIpc) is 3.32. The maximum Gasteiger partial charge on any atom is 0.325 e. The molecule has 0 aliphatic rings. The molecule has 34 heavy (non-hydrogen) atoms. The zero-order valence-corrected chi connectivity index (χ0v) is 18.7. The lowest BCUT2D eigenvalue weighted by Crippen LogP contribution is -2.43. The summed E-state index contributed by atoms with van der Waals surface area (Å²) >= 11 is 0. The molecular weight excluding hydrogens is 459 g/mol. The minimum Gasteiger partial charge on any atom is -0.454 e. The van der Waals surface area contributed by atoms with Gasteiger partial charge >= 0.3 is 5.97 Å². The van der Waals surface area contributed by atoms with Crippen LogP contribution < -0.4 is 4.72 Å². The lowest BCUT2D eigenvalue weighted by molar-refractivity contribution is -0.147. The van der Waals surface area contributed by atoms with Crippen LogP contribution in [0.4, 0.5) is 4.39 Å². The number of rotatable bonds is 9. The summed E-state index contributed by atoms with van der Waals surface area (Å²) in [4.78, 5) is 16.4. The van der Waals surface area contributed by atoms with Crippen LogP contribution in [0.1, 0.15) is 11.5 Å². The summed E-state index contributed by atoms with van der Waals surface area (Å²) in [6, 6.07) is 21.7. The number of hydrogen-bond acceptors (Lipinski definition) is 6. The molecule has 0 fully saturated rings. The number of esters is 1. The highest BCUT2D eigenvalue weighted by atomic mass is 32.2. The van der Waals surface area contributed by atoms with Gasteiger partial charge in [0.1, 0.15) is 16.8 Å². The smallest absolute Gasteiger partial charge is 0.325 e. The molecule has 1 heterocycles. The Hall–Kier alpha value is -3.82. The monoisotopic (exact) mass is 480 g/mol. The van der Waals surface area contributed by atoms with Crippen molar-refractivity contribution in [3.05, 3.63) is 108 Å². The van der Waals surface area contributed by atoms with Gasteiger partial charge in [-0.15, -0.1) is 0 Å². The molecule has 1 aromatic heterocycles. The number of ether oxygens (including phenoxy) is 1. The van der Waals surface area contributed by atoms with Crippen LogP contribution in [-0.4, -0.2) is 25.4 Å². The lowest BCUT2D eigenvalue weighted by Gasteiger charge is -2.18. The average molecular weight is 481 g/mol. The summed E-state index contributed by atoms with van der Waals surface area (Å²) in [7, 11) is -4.34. The summed E-state index contributed by atoms with van der Waals surface area (Å²) in [5.74, 6) is -1.10. The Bertz CT molecular complexity index is 1360. The molecule has 0 aliphatic heterocycles. The standard InChI is InChI=1S/C25H21FN2O5S/c26-20-13-7-8-14-23(20)34(30,31)28-21(15-18-9-3-1-4-10-18)25(29)32-17-24-27-16-22(33-24)19-11-5-2-6-12-19/h1-14,16,21,28H,15,17H2/t21-/m0/s1. The molecule has 9 heteroatoms. The van der Waals surface area contributed by atoms with Crippen LogP contribution in [0.25, 0.3) is 11.3 Å². The first-order chi connectivity index (χ1) is 16.4. The number of nitrogens with zero attached hydrogens (tertiary/aromatic N) is 1. The first kappa shape index (κ1) is 23.3. The van der Waals surface area contributed by atoms with E-state index in [-0.39, 0.29) is 18.9 Å². The van der Waals surface area contributed by atoms with Gasteiger partial charge in [-0.25, -0.2) is 17.8 Å². The number of sulfonamides is 1. The third-order valence-electron chi connectivity index (χ3n) is 4.94. The summed E-state index contributed by atoms with van der Waals surface area (Å²) in [6.45, 7) is -0.293. The number of nitrogens with one attached hydrogen (secondary N) is 1. The zero-order chi connectivity index (χ0) is 24.0. The molecule has 0 bridgehead atoms. The van der Waals surface area contributed by atoms with E-state index in [9.17, 15) is 17.6 Å². The molecule has 3 aromatic carbocycles. The highest BCUT2D eigenvalue weighted by molar-refractivity contribution is 7.89. The van der Waals surface area contributed by atoms with Gasteiger partial charge in [-0.05, 0) is 24.1 Å². The van der Waals surface area contributed by atoms with E-state index in [0.29, 0.717) is 11.3 Å². The Morgan fingerprint density at radius 2 is 1.62 bits per heavy atom. The van der Waals surface area contributed by atoms with Gasteiger partial charge in [-0.1, -0.05) is 72.8 Å². The molecular formula is C25H21FN2O5S. The third-order valence-corrected chi connectivity index (χ3v) is 6.45. The van der Waals surface area contributed by atoms with Crippen molar-refractivity contribution in [3.8, 4) is 11.3 Å². The molecule has 1 atom stereocenters. The Balaban J connectivity index is 1.50. The molecule has 0 spiro atoms. The number of hydrogen-bond donors (Lipinski definition) is 1. The third kappa shape index (κ3) is 5.75. The second-order valence-corrected chi connectivity index (χ2v) is 9.07. The van der Waals surface area contributed by atoms with E-state index in [2.05, 4.69) is 9.71 Å². The topological polar surface area (TPSA) is 98.5 Å². The van der Waals surface area contributed by atoms with Crippen molar-refractivity contribution < 1.29 is 26.8 Å². The van der Waals surface area contributed by atoms with Gasteiger partial charge in [-0.3, -0.25) is 4.79 Å². The number of carbonyl (C=O) groups is 1. The molecule has 4 rings (SSSR count). The Kier molecular flexibility index (Phi) is 7.15. The van der Waals surface area contributed by atoms with Crippen LogP contribution in [0.3, 0.4) is 0 Å². The Morgan fingerprint density at radius 1 is 0.971 bits per heavy atom. The minimum atomic E-state index is -4.34. The molecule has 0 aliphatic carbocycles. The van der Waals surface area contributed by atoms with Gasteiger partial charge in [0.05, 0.1) is 6.20 Å². The van der Waals surface area contributed by atoms with E-state index < -0.39 is 32.7 Å². The molecule has 0 unspecified atom stereocenters. The van der Waals surface area contributed by atoms with E-state index in [1.165, 1.54) is 18.3 Å². The Morgan fingerprint density at radius 3 is 2.32 bits per heavy atom. The molecule has 7 nitrogen and oxygen atoms in total. The second kappa shape index (κ2) is 10.4.